The molecule has 2 rings (SSSR count). The van der Waals surface area contributed by atoms with E-state index >= 15 is 0 Å². The van der Waals surface area contributed by atoms with Crippen LogP contribution in [-0.2, 0) is 0 Å². The number of ether oxygens (including phenoxy) is 1. The number of amides is 1. The van der Waals surface area contributed by atoms with Gasteiger partial charge in [-0.1, -0.05) is 18.2 Å². The normalized spacial score (nSPS) is 10.3. The van der Waals surface area contributed by atoms with Crippen LogP contribution >= 0.6 is 12.2 Å². The van der Waals surface area contributed by atoms with Crippen molar-refractivity contribution < 1.29 is 9.53 Å². The maximum Gasteiger partial charge on any atom is 0.257 e. The van der Waals surface area contributed by atoms with Crippen LogP contribution in [0.5, 0.6) is 5.75 Å². The molecule has 0 radical (unpaired) electrons. The molecule has 120 valence electrons. The summed E-state index contributed by atoms with van der Waals surface area (Å²) in [6.07, 6.45) is 0.0989. The van der Waals surface area contributed by atoms with Crippen LogP contribution in [0, 0.1) is 0 Å². The van der Waals surface area contributed by atoms with Gasteiger partial charge in [-0.15, -0.1) is 0 Å². The Morgan fingerprint density at radius 1 is 1.09 bits per heavy atom. The van der Waals surface area contributed by atoms with Crippen LogP contribution in [0.25, 0.3) is 0 Å². The molecule has 2 aromatic rings. The number of carbonyl (C=O) groups excluding carboxylic acids is 1. The van der Waals surface area contributed by atoms with E-state index in [2.05, 4.69) is 5.32 Å². The molecule has 23 heavy (non-hydrogen) atoms. The monoisotopic (exact) mass is 328 g/mol. The summed E-state index contributed by atoms with van der Waals surface area (Å²) in [6.45, 7) is 3.91. The predicted octanol–water partition coefficient (Wildman–Crippen LogP) is 3.62. The molecule has 0 aromatic heterocycles. The lowest BCUT2D eigenvalue weighted by Crippen LogP contribution is -2.40. The van der Waals surface area contributed by atoms with Crippen LogP contribution in [0.3, 0.4) is 0 Å². The number of thiocarbonyl (C=S) groups is 1. The van der Waals surface area contributed by atoms with Crippen LogP contribution in [-0.4, -0.2) is 24.2 Å². The molecule has 0 fully saturated rings. The van der Waals surface area contributed by atoms with Crippen molar-refractivity contribution in [1.82, 2.24) is 5.32 Å². The van der Waals surface area contributed by atoms with E-state index in [4.69, 9.17) is 17.0 Å². The Bertz CT molecular complexity index is 669. The van der Waals surface area contributed by atoms with Gasteiger partial charge in [0.1, 0.15) is 5.75 Å². The van der Waals surface area contributed by atoms with Gasteiger partial charge < -0.3 is 9.64 Å². The number of nitrogens with zero attached hydrogens (tertiary/aromatic N) is 1. The third-order valence-corrected chi connectivity index (χ3v) is 3.53. The summed E-state index contributed by atoms with van der Waals surface area (Å²) in [5, 5.41) is 3.08. The maximum atomic E-state index is 12.3. The highest BCUT2D eigenvalue weighted by Crippen LogP contribution is 2.14. The molecule has 0 heterocycles. The summed E-state index contributed by atoms with van der Waals surface area (Å²) in [5.74, 6) is 0.495. The molecule has 1 N–H and O–H groups in total. The van der Waals surface area contributed by atoms with Gasteiger partial charge in [-0.05, 0) is 62.5 Å². The van der Waals surface area contributed by atoms with Gasteiger partial charge in [0, 0.05) is 18.3 Å². The number of rotatable bonds is 4. The first-order valence-corrected chi connectivity index (χ1v) is 7.79. The molecular weight excluding hydrogens is 308 g/mol. The molecular formula is C18H20N2O2S. The molecule has 0 aliphatic carbocycles. The van der Waals surface area contributed by atoms with E-state index in [-0.39, 0.29) is 12.0 Å². The first kappa shape index (κ1) is 17.0. The largest absolute Gasteiger partial charge is 0.491 e. The molecule has 5 heteroatoms. The minimum absolute atomic E-state index is 0.0989. The van der Waals surface area contributed by atoms with Crippen LogP contribution in [0.15, 0.2) is 54.6 Å². The number of nitrogens with one attached hydrogen (secondary N) is 1. The number of hydrogen-bond donors (Lipinski definition) is 1. The summed E-state index contributed by atoms with van der Waals surface area (Å²) in [7, 11) is 1.82. The van der Waals surface area contributed by atoms with Crippen LogP contribution in [0.1, 0.15) is 24.2 Å². The fourth-order valence-electron chi connectivity index (χ4n) is 1.98. The van der Waals surface area contributed by atoms with Crippen LogP contribution in [0.2, 0.25) is 0 Å². The molecule has 0 atom stereocenters. The zero-order valence-electron chi connectivity index (χ0n) is 13.4. The Kier molecular flexibility index (Phi) is 5.71. The Labute approximate surface area is 142 Å². The number of benzene rings is 2. The van der Waals surface area contributed by atoms with E-state index in [0.717, 1.165) is 11.4 Å². The number of para-hydroxylation sites is 1. The van der Waals surface area contributed by atoms with E-state index in [0.29, 0.717) is 10.7 Å². The van der Waals surface area contributed by atoms with Gasteiger partial charge in [0.2, 0.25) is 0 Å². The Balaban J connectivity index is 1.99. The first-order chi connectivity index (χ1) is 11.0. The fraction of sp³-hybridized carbons (Fsp3) is 0.222. The Morgan fingerprint density at radius 2 is 1.70 bits per heavy atom. The van der Waals surface area contributed by atoms with Crippen molar-refractivity contribution in [3.8, 4) is 5.75 Å². The molecule has 0 saturated heterocycles. The van der Waals surface area contributed by atoms with E-state index in [1.807, 2.05) is 51.2 Å². The minimum Gasteiger partial charge on any atom is -0.491 e. The van der Waals surface area contributed by atoms with Crippen molar-refractivity contribution in [3.05, 3.63) is 60.2 Å². The molecule has 4 nitrogen and oxygen atoms in total. The van der Waals surface area contributed by atoms with Crippen LogP contribution < -0.4 is 15.0 Å². The van der Waals surface area contributed by atoms with E-state index < -0.39 is 0 Å². The highest BCUT2D eigenvalue weighted by Gasteiger charge is 2.12. The SMILES string of the molecule is CC(C)Oc1ccc(C(=O)NC(=S)N(C)c2ccccc2)cc1. The van der Waals surface area contributed by atoms with Crippen molar-refractivity contribution in [2.24, 2.45) is 0 Å². The fourth-order valence-corrected chi connectivity index (χ4v) is 2.18. The highest BCUT2D eigenvalue weighted by molar-refractivity contribution is 7.80. The lowest BCUT2D eigenvalue weighted by atomic mass is 10.2. The van der Waals surface area contributed by atoms with E-state index in [9.17, 15) is 4.79 Å². The maximum absolute atomic E-state index is 12.3. The average molecular weight is 328 g/mol. The van der Waals surface area contributed by atoms with Gasteiger partial charge in [-0.2, -0.15) is 0 Å². The van der Waals surface area contributed by atoms with E-state index in [1.54, 1.807) is 29.2 Å². The molecule has 2 aromatic carbocycles. The van der Waals surface area contributed by atoms with Gasteiger partial charge in [0.15, 0.2) is 5.11 Å². The summed E-state index contributed by atoms with van der Waals surface area (Å²) >= 11 is 5.29. The lowest BCUT2D eigenvalue weighted by molar-refractivity contribution is 0.0977. The van der Waals surface area contributed by atoms with Gasteiger partial charge in [-0.3, -0.25) is 10.1 Å². The molecule has 1 amide bonds. The second-order valence-corrected chi connectivity index (χ2v) is 5.73. The summed E-state index contributed by atoms with van der Waals surface area (Å²) in [5.41, 5.74) is 1.45. The summed E-state index contributed by atoms with van der Waals surface area (Å²) in [6, 6.07) is 16.6. The second-order valence-electron chi connectivity index (χ2n) is 5.34. The molecule has 0 aliphatic rings. The lowest BCUT2D eigenvalue weighted by Gasteiger charge is -2.20. The van der Waals surface area contributed by atoms with Crippen molar-refractivity contribution in [1.29, 1.82) is 0 Å². The van der Waals surface area contributed by atoms with Gasteiger partial charge in [0.05, 0.1) is 6.10 Å². The van der Waals surface area contributed by atoms with Crippen molar-refractivity contribution in [2.75, 3.05) is 11.9 Å². The third-order valence-electron chi connectivity index (χ3n) is 3.16. The van der Waals surface area contributed by atoms with Gasteiger partial charge >= 0.3 is 0 Å². The van der Waals surface area contributed by atoms with Crippen molar-refractivity contribution in [2.45, 2.75) is 20.0 Å². The van der Waals surface area contributed by atoms with Gasteiger partial charge in [-0.25, -0.2) is 0 Å². The Morgan fingerprint density at radius 3 is 2.26 bits per heavy atom. The molecule has 0 saturated carbocycles. The summed E-state index contributed by atoms with van der Waals surface area (Å²) < 4.78 is 5.56. The predicted molar refractivity (Wildman–Crippen MR) is 97.1 cm³/mol. The van der Waals surface area contributed by atoms with Gasteiger partial charge in [0.25, 0.3) is 5.91 Å². The van der Waals surface area contributed by atoms with Crippen molar-refractivity contribution in [3.63, 3.8) is 0 Å². The zero-order chi connectivity index (χ0) is 16.8. The number of hydrogen-bond acceptors (Lipinski definition) is 3. The van der Waals surface area contributed by atoms with E-state index in [1.165, 1.54) is 0 Å². The topological polar surface area (TPSA) is 41.6 Å². The zero-order valence-corrected chi connectivity index (χ0v) is 14.3. The molecule has 0 bridgehead atoms. The standard InChI is InChI=1S/C18H20N2O2S/c1-13(2)22-16-11-9-14(10-12-16)17(21)19-18(23)20(3)15-7-5-4-6-8-15/h4-13H,1-3H3,(H,19,21,23). The smallest absolute Gasteiger partial charge is 0.257 e. The third kappa shape index (κ3) is 4.79. The highest BCUT2D eigenvalue weighted by atomic mass is 32.1. The van der Waals surface area contributed by atoms with Crippen LogP contribution in [0.4, 0.5) is 5.69 Å². The quantitative estimate of drug-likeness (QED) is 0.870. The Hall–Kier alpha value is -2.40. The molecule has 0 aliphatic heterocycles. The molecule has 0 spiro atoms. The summed E-state index contributed by atoms with van der Waals surface area (Å²) in [4.78, 5) is 14.0. The first-order valence-electron chi connectivity index (χ1n) is 7.38. The van der Waals surface area contributed by atoms with Crippen molar-refractivity contribution >= 4 is 28.9 Å². The number of anilines is 1. The second kappa shape index (κ2) is 7.74. The minimum atomic E-state index is -0.242. The average Bonchev–Trinajstić information content (AvgIpc) is 2.55. The number of carbonyl (C=O) groups is 1. The molecule has 0 unspecified atom stereocenters.